The average molecular weight is 594 g/mol. The highest BCUT2D eigenvalue weighted by Crippen LogP contribution is 2.28. The summed E-state index contributed by atoms with van der Waals surface area (Å²) < 4.78 is 45.3. The molecule has 8 nitrogen and oxygen atoms in total. The summed E-state index contributed by atoms with van der Waals surface area (Å²) in [4.78, 5) is 15.4. The molecule has 10 heteroatoms. The highest BCUT2D eigenvalue weighted by atomic mass is 79.9. The van der Waals surface area contributed by atoms with Crippen LogP contribution in [0, 0.1) is 0 Å². The molecular weight excluding hydrogens is 560 g/mol. The third kappa shape index (κ3) is 7.37. The van der Waals surface area contributed by atoms with Crippen molar-refractivity contribution in [1.29, 1.82) is 0 Å². The first kappa shape index (κ1) is 28.7. The molecule has 0 bridgehead atoms. The van der Waals surface area contributed by atoms with Crippen LogP contribution >= 0.6 is 15.9 Å². The van der Waals surface area contributed by atoms with Crippen molar-refractivity contribution in [2.45, 2.75) is 44.2 Å². The molecule has 2 aromatic carbocycles. The predicted molar refractivity (Wildman–Crippen MR) is 145 cm³/mol. The van der Waals surface area contributed by atoms with Crippen LogP contribution in [0.1, 0.15) is 31.6 Å². The van der Waals surface area contributed by atoms with E-state index < -0.39 is 10.0 Å². The topological polar surface area (TPSA) is 89.3 Å². The normalized spacial score (nSPS) is 12.4. The molecule has 3 aromatic rings. The Morgan fingerprint density at radius 1 is 1.05 bits per heavy atom. The number of carbonyl (C=O) groups is 1. The van der Waals surface area contributed by atoms with Gasteiger partial charge < -0.3 is 18.8 Å². The van der Waals surface area contributed by atoms with E-state index in [0.29, 0.717) is 36.6 Å². The first-order valence-electron chi connectivity index (χ1n) is 12.0. The van der Waals surface area contributed by atoms with E-state index in [2.05, 4.69) is 15.9 Å². The van der Waals surface area contributed by atoms with Gasteiger partial charge in [0.1, 0.15) is 5.76 Å². The number of nitrogens with zero attached hydrogens (tertiary/aromatic N) is 2. The fourth-order valence-electron chi connectivity index (χ4n) is 3.84. The molecule has 0 aliphatic heterocycles. The fourth-order valence-corrected chi connectivity index (χ4v) is 5.76. The maximum absolute atomic E-state index is 13.6. The van der Waals surface area contributed by atoms with Crippen molar-refractivity contribution >= 4 is 31.9 Å². The summed E-state index contributed by atoms with van der Waals surface area (Å²) in [6, 6.07) is 15.2. The predicted octanol–water partition coefficient (Wildman–Crippen LogP) is 5.12. The number of rotatable bonds is 13. The number of methoxy groups -OCH3 is 2. The van der Waals surface area contributed by atoms with Crippen molar-refractivity contribution in [1.82, 2.24) is 9.21 Å². The van der Waals surface area contributed by atoms with Crippen LogP contribution in [-0.2, 0) is 27.8 Å². The fraction of sp³-hybridized carbons (Fsp3) is 0.370. The number of amides is 1. The highest BCUT2D eigenvalue weighted by Gasteiger charge is 2.32. The van der Waals surface area contributed by atoms with Gasteiger partial charge in [-0.25, -0.2) is 8.42 Å². The number of hydrogen-bond donors (Lipinski definition) is 0. The second-order valence-electron chi connectivity index (χ2n) is 8.60. The molecule has 3 rings (SSSR count). The van der Waals surface area contributed by atoms with Gasteiger partial charge in [0, 0.05) is 17.1 Å². The molecule has 1 heterocycles. The Hall–Kier alpha value is -2.82. The van der Waals surface area contributed by atoms with Crippen LogP contribution in [0.2, 0.25) is 0 Å². The summed E-state index contributed by atoms with van der Waals surface area (Å²) in [5.41, 5.74) is 0.955. The van der Waals surface area contributed by atoms with Gasteiger partial charge in [0.2, 0.25) is 15.9 Å². The highest BCUT2D eigenvalue weighted by molar-refractivity contribution is 9.10. The third-order valence-corrected chi connectivity index (χ3v) is 8.69. The van der Waals surface area contributed by atoms with E-state index in [1.54, 1.807) is 49.6 Å². The second kappa shape index (κ2) is 13.1. The van der Waals surface area contributed by atoms with E-state index >= 15 is 0 Å². The summed E-state index contributed by atoms with van der Waals surface area (Å²) in [5.74, 6) is 1.54. The Morgan fingerprint density at radius 3 is 2.35 bits per heavy atom. The summed E-state index contributed by atoms with van der Waals surface area (Å²) in [6.45, 7) is 4.02. The molecule has 0 spiro atoms. The van der Waals surface area contributed by atoms with E-state index in [0.717, 1.165) is 10.0 Å². The monoisotopic (exact) mass is 592 g/mol. The van der Waals surface area contributed by atoms with E-state index in [1.807, 2.05) is 32.0 Å². The molecule has 37 heavy (non-hydrogen) atoms. The molecule has 0 N–H and O–H groups in total. The molecule has 1 amide bonds. The van der Waals surface area contributed by atoms with Crippen LogP contribution in [0.5, 0.6) is 11.5 Å². The molecule has 1 aromatic heterocycles. The molecule has 0 saturated carbocycles. The molecule has 0 fully saturated rings. The van der Waals surface area contributed by atoms with E-state index in [9.17, 15) is 13.2 Å². The first-order valence-corrected chi connectivity index (χ1v) is 14.2. The zero-order chi connectivity index (χ0) is 27.0. The first-order chi connectivity index (χ1) is 17.7. The number of halogens is 1. The van der Waals surface area contributed by atoms with Gasteiger partial charge in [-0.15, -0.1) is 0 Å². The summed E-state index contributed by atoms with van der Waals surface area (Å²) in [5, 5.41) is 0. The molecule has 200 valence electrons. The molecule has 1 unspecified atom stereocenters. The Kier molecular flexibility index (Phi) is 10.2. The minimum Gasteiger partial charge on any atom is -0.493 e. The molecular formula is C27H33BrN2O6S. The lowest BCUT2D eigenvalue weighted by molar-refractivity contribution is -0.132. The van der Waals surface area contributed by atoms with Gasteiger partial charge in [-0.1, -0.05) is 28.9 Å². The number of ether oxygens (including phenoxy) is 2. The minimum absolute atomic E-state index is 0.145. The number of benzene rings is 2. The average Bonchev–Trinajstić information content (AvgIpc) is 3.42. The Morgan fingerprint density at radius 2 is 1.76 bits per heavy atom. The van der Waals surface area contributed by atoms with Crippen molar-refractivity contribution in [3.63, 3.8) is 0 Å². The van der Waals surface area contributed by atoms with Crippen LogP contribution in [0.25, 0.3) is 0 Å². The lowest BCUT2D eigenvalue weighted by Gasteiger charge is -2.30. The molecule has 1 atom stereocenters. The zero-order valence-electron chi connectivity index (χ0n) is 21.5. The number of hydrogen-bond acceptors (Lipinski definition) is 6. The van der Waals surface area contributed by atoms with Crippen LogP contribution in [0.15, 0.2) is 74.6 Å². The van der Waals surface area contributed by atoms with Gasteiger partial charge in [0.05, 0.1) is 38.5 Å². The van der Waals surface area contributed by atoms with E-state index in [1.165, 1.54) is 16.4 Å². The van der Waals surface area contributed by atoms with Crippen molar-refractivity contribution in [3.8, 4) is 11.5 Å². The van der Waals surface area contributed by atoms with Gasteiger partial charge in [-0.05, 0) is 73.9 Å². The quantitative estimate of drug-likeness (QED) is 0.274. The second-order valence-corrected chi connectivity index (χ2v) is 11.4. The SMILES string of the molecule is CCC(C)N(CC(=O)N(CCc1ccc(OC)c(OC)c1)Cc1ccco1)S(=O)(=O)c1ccc(Br)cc1. The largest absolute Gasteiger partial charge is 0.493 e. The Bertz CT molecular complexity index is 1260. The maximum atomic E-state index is 13.6. The van der Waals surface area contributed by atoms with Crippen LogP contribution in [0.4, 0.5) is 0 Å². The van der Waals surface area contributed by atoms with E-state index in [-0.39, 0.29) is 29.9 Å². The zero-order valence-corrected chi connectivity index (χ0v) is 23.9. The third-order valence-electron chi connectivity index (χ3n) is 6.19. The molecule has 0 radical (unpaired) electrons. The molecule has 0 aliphatic rings. The lowest BCUT2D eigenvalue weighted by Crippen LogP contribution is -2.46. The Labute approximate surface area is 227 Å². The molecule has 0 saturated heterocycles. The van der Waals surface area contributed by atoms with Crippen molar-refractivity contribution < 1.29 is 27.1 Å². The van der Waals surface area contributed by atoms with Crippen molar-refractivity contribution in [3.05, 3.63) is 76.7 Å². The Balaban J connectivity index is 1.84. The maximum Gasteiger partial charge on any atom is 0.243 e. The molecule has 0 aliphatic carbocycles. The van der Waals surface area contributed by atoms with Gasteiger partial charge >= 0.3 is 0 Å². The van der Waals surface area contributed by atoms with Gasteiger partial charge in [-0.2, -0.15) is 4.31 Å². The lowest BCUT2D eigenvalue weighted by atomic mass is 10.1. The van der Waals surface area contributed by atoms with Gasteiger partial charge in [-0.3, -0.25) is 4.79 Å². The van der Waals surface area contributed by atoms with E-state index in [4.69, 9.17) is 13.9 Å². The summed E-state index contributed by atoms with van der Waals surface area (Å²) in [6.07, 6.45) is 2.65. The minimum atomic E-state index is -3.89. The smallest absolute Gasteiger partial charge is 0.243 e. The number of carbonyl (C=O) groups excluding carboxylic acids is 1. The number of sulfonamides is 1. The summed E-state index contributed by atoms with van der Waals surface area (Å²) >= 11 is 3.34. The van der Waals surface area contributed by atoms with Gasteiger partial charge in [0.25, 0.3) is 0 Å². The van der Waals surface area contributed by atoms with Crippen LogP contribution in [0.3, 0.4) is 0 Å². The summed E-state index contributed by atoms with van der Waals surface area (Å²) in [7, 11) is -0.743. The standard InChI is InChI=1S/C27H33BrN2O6S/c1-5-20(2)30(37(32,33)24-11-9-22(28)10-12-24)19-27(31)29(18-23-7-6-16-36-23)15-14-21-8-13-25(34-3)26(17-21)35-4/h6-13,16-17,20H,5,14-15,18-19H2,1-4H3. The number of furan rings is 1. The van der Waals surface area contributed by atoms with Crippen molar-refractivity contribution in [2.24, 2.45) is 0 Å². The van der Waals surface area contributed by atoms with Crippen LogP contribution < -0.4 is 9.47 Å². The van der Waals surface area contributed by atoms with Crippen LogP contribution in [-0.4, -0.2) is 56.9 Å². The van der Waals surface area contributed by atoms with Crippen molar-refractivity contribution in [2.75, 3.05) is 27.3 Å². The van der Waals surface area contributed by atoms with Gasteiger partial charge in [0.15, 0.2) is 11.5 Å².